The highest BCUT2D eigenvalue weighted by Gasteiger charge is 2.10. The van der Waals surface area contributed by atoms with Crippen molar-refractivity contribution in [2.24, 2.45) is 0 Å². The topological polar surface area (TPSA) is 97.1 Å². The summed E-state index contributed by atoms with van der Waals surface area (Å²) < 4.78 is 10.2. The van der Waals surface area contributed by atoms with E-state index in [4.69, 9.17) is 14.7 Å². The number of aromatic nitrogens is 2. The Balaban J connectivity index is 1.96. The van der Waals surface area contributed by atoms with Crippen molar-refractivity contribution < 1.29 is 14.3 Å². The molecule has 112 valence electrons. The molecule has 0 saturated carbocycles. The third-order valence-corrected chi connectivity index (χ3v) is 2.69. The standard InChI is InChI=1S/C15H14N4O3/c1-10-3-5-13(17-8-10)19-14(20)9-22-12-4-6-15(21-2)18-11(12)7-16/h3-6,8H,9H2,1-2H3,(H,17,19,20). The van der Waals surface area contributed by atoms with Crippen molar-refractivity contribution >= 4 is 11.7 Å². The second kappa shape index (κ2) is 7.04. The lowest BCUT2D eigenvalue weighted by atomic mass is 10.3. The molecule has 2 aromatic rings. The van der Waals surface area contributed by atoms with Crippen molar-refractivity contribution in [2.45, 2.75) is 6.92 Å². The third kappa shape index (κ3) is 3.93. The van der Waals surface area contributed by atoms with E-state index in [1.165, 1.54) is 13.2 Å². The van der Waals surface area contributed by atoms with E-state index in [0.717, 1.165) is 5.56 Å². The summed E-state index contributed by atoms with van der Waals surface area (Å²) in [5.41, 5.74) is 1.05. The maximum Gasteiger partial charge on any atom is 0.263 e. The number of hydrogen-bond donors (Lipinski definition) is 1. The van der Waals surface area contributed by atoms with Crippen LogP contribution in [0.2, 0.25) is 0 Å². The summed E-state index contributed by atoms with van der Waals surface area (Å²) in [7, 11) is 1.45. The van der Waals surface area contributed by atoms with Gasteiger partial charge in [0.1, 0.15) is 11.9 Å². The van der Waals surface area contributed by atoms with Crippen molar-refractivity contribution in [3.8, 4) is 17.7 Å². The monoisotopic (exact) mass is 298 g/mol. The number of aryl methyl sites for hydroxylation is 1. The average molecular weight is 298 g/mol. The Bertz CT molecular complexity index is 708. The van der Waals surface area contributed by atoms with E-state index in [1.54, 1.807) is 18.3 Å². The van der Waals surface area contributed by atoms with Gasteiger partial charge in [-0.1, -0.05) is 6.07 Å². The number of carbonyl (C=O) groups is 1. The maximum absolute atomic E-state index is 11.8. The zero-order chi connectivity index (χ0) is 15.9. The summed E-state index contributed by atoms with van der Waals surface area (Å²) in [6.45, 7) is 1.65. The first-order chi connectivity index (χ1) is 10.6. The smallest absolute Gasteiger partial charge is 0.263 e. The SMILES string of the molecule is COc1ccc(OCC(=O)Nc2ccc(C)cn2)c(C#N)n1. The van der Waals surface area contributed by atoms with E-state index in [9.17, 15) is 4.79 Å². The molecule has 7 nitrogen and oxygen atoms in total. The van der Waals surface area contributed by atoms with Crippen LogP contribution in [0.3, 0.4) is 0 Å². The van der Waals surface area contributed by atoms with Gasteiger partial charge >= 0.3 is 0 Å². The van der Waals surface area contributed by atoms with Crippen molar-refractivity contribution in [3.63, 3.8) is 0 Å². The molecule has 0 spiro atoms. The molecule has 0 radical (unpaired) electrons. The number of methoxy groups -OCH3 is 1. The van der Waals surface area contributed by atoms with Gasteiger partial charge in [-0.25, -0.2) is 4.98 Å². The normalized spacial score (nSPS) is 9.68. The van der Waals surface area contributed by atoms with Crippen molar-refractivity contribution in [3.05, 3.63) is 41.7 Å². The summed E-state index contributed by atoms with van der Waals surface area (Å²) in [5, 5.41) is 11.6. The summed E-state index contributed by atoms with van der Waals surface area (Å²) in [6, 6.07) is 8.51. The Morgan fingerprint density at radius 3 is 2.82 bits per heavy atom. The van der Waals surface area contributed by atoms with Crippen LogP contribution in [0.5, 0.6) is 11.6 Å². The van der Waals surface area contributed by atoms with Crippen LogP contribution in [0.25, 0.3) is 0 Å². The van der Waals surface area contributed by atoms with Crippen molar-refractivity contribution in [2.75, 3.05) is 19.0 Å². The van der Waals surface area contributed by atoms with Crippen LogP contribution in [-0.4, -0.2) is 29.6 Å². The highest BCUT2D eigenvalue weighted by Crippen LogP contribution is 2.19. The lowest BCUT2D eigenvalue weighted by Crippen LogP contribution is -2.21. The van der Waals surface area contributed by atoms with Gasteiger partial charge in [0.25, 0.3) is 5.91 Å². The molecule has 0 aromatic carbocycles. The minimum atomic E-state index is -0.379. The molecule has 2 heterocycles. The summed E-state index contributed by atoms with van der Waals surface area (Å²) in [5.74, 6) is 0.580. The van der Waals surface area contributed by atoms with Crippen LogP contribution >= 0.6 is 0 Å². The molecule has 2 aromatic heterocycles. The molecule has 0 aliphatic rings. The first-order valence-corrected chi connectivity index (χ1v) is 6.43. The Morgan fingerprint density at radius 2 is 2.18 bits per heavy atom. The first kappa shape index (κ1) is 15.3. The van der Waals surface area contributed by atoms with Gasteiger partial charge in [-0.3, -0.25) is 4.79 Å². The lowest BCUT2D eigenvalue weighted by molar-refractivity contribution is -0.118. The van der Waals surface area contributed by atoms with Gasteiger partial charge in [0.05, 0.1) is 7.11 Å². The number of hydrogen-bond acceptors (Lipinski definition) is 6. The molecule has 0 aliphatic heterocycles. The highest BCUT2D eigenvalue weighted by molar-refractivity contribution is 5.90. The Labute approximate surface area is 127 Å². The number of ether oxygens (including phenoxy) is 2. The van der Waals surface area contributed by atoms with E-state index in [1.807, 2.05) is 19.1 Å². The summed E-state index contributed by atoms with van der Waals surface area (Å²) in [4.78, 5) is 19.8. The summed E-state index contributed by atoms with van der Waals surface area (Å²) in [6.07, 6.45) is 1.65. The molecule has 22 heavy (non-hydrogen) atoms. The zero-order valence-corrected chi connectivity index (χ0v) is 12.2. The number of anilines is 1. The molecule has 0 fully saturated rings. The molecule has 1 amide bonds. The van der Waals surface area contributed by atoms with Gasteiger partial charge in [0.2, 0.25) is 5.88 Å². The Kier molecular flexibility index (Phi) is 4.88. The van der Waals surface area contributed by atoms with Crippen LogP contribution in [0.15, 0.2) is 30.5 Å². The molecule has 0 aliphatic carbocycles. The van der Waals surface area contributed by atoms with E-state index >= 15 is 0 Å². The minimum absolute atomic E-state index is 0.0561. The highest BCUT2D eigenvalue weighted by atomic mass is 16.5. The molecule has 0 unspecified atom stereocenters. The second-order valence-electron chi connectivity index (χ2n) is 4.37. The fraction of sp³-hybridized carbons (Fsp3) is 0.200. The number of pyridine rings is 2. The number of nitrogens with one attached hydrogen (secondary N) is 1. The molecule has 2 rings (SSSR count). The van der Waals surface area contributed by atoms with Crippen molar-refractivity contribution in [1.29, 1.82) is 5.26 Å². The van der Waals surface area contributed by atoms with Crippen molar-refractivity contribution in [1.82, 2.24) is 9.97 Å². The van der Waals surface area contributed by atoms with E-state index in [0.29, 0.717) is 11.7 Å². The average Bonchev–Trinajstić information content (AvgIpc) is 2.55. The van der Waals surface area contributed by atoms with E-state index < -0.39 is 0 Å². The van der Waals surface area contributed by atoms with E-state index in [-0.39, 0.29) is 24.0 Å². The number of nitriles is 1. The number of carbonyl (C=O) groups excluding carboxylic acids is 1. The number of nitrogens with zero attached hydrogens (tertiary/aromatic N) is 3. The van der Waals surface area contributed by atoms with Crippen LogP contribution in [0.1, 0.15) is 11.3 Å². The Morgan fingerprint density at radius 1 is 1.36 bits per heavy atom. The predicted molar refractivity (Wildman–Crippen MR) is 78.6 cm³/mol. The number of amides is 1. The lowest BCUT2D eigenvalue weighted by Gasteiger charge is -2.08. The van der Waals surface area contributed by atoms with Gasteiger partial charge in [0.15, 0.2) is 18.1 Å². The van der Waals surface area contributed by atoms with Gasteiger partial charge in [0, 0.05) is 12.3 Å². The van der Waals surface area contributed by atoms with Gasteiger partial charge < -0.3 is 14.8 Å². The van der Waals surface area contributed by atoms with Crippen LogP contribution < -0.4 is 14.8 Å². The molecule has 0 bridgehead atoms. The minimum Gasteiger partial charge on any atom is -0.481 e. The first-order valence-electron chi connectivity index (χ1n) is 6.43. The Hall–Kier alpha value is -3.14. The molecule has 0 saturated heterocycles. The zero-order valence-electron chi connectivity index (χ0n) is 12.2. The number of rotatable bonds is 5. The largest absolute Gasteiger partial charge is 0.481 e. The van der Waals surface area contributed by atoms with Crippen LogP contribution in [0.4, 0.5) is 5.82 Å². The maximum atomic E-state index is 11.8. The molecule has 7 heteroatoms. The second-order valence-corrected chi connectivity index (χ2v) is 4.37. The van der Waals surface area contributed by atoms with Crippen LogP contribution in [-0.2, 0) is 4.79 Å². The molecular formula is C15H14N4O3. The van der Waals surface area contributed by atoms with Crippen LogP contribution in [0, 0.1) is 18.3 Å². The fourth-order valence-corrected chi connectivity index (χ4v) is 1.60. The molecule has 1 N–H and O–H groups in total. The molecular weight excluding hydrogens is 284 g/mol. The van der Waals surface area contributed by atoms with Gasteiger partial charge in [-0.2, -0.15) is 10.2 Å². The predicted octanol–water partition coefficient (Wildman–Crippen LogP) is 1.68. The fourth-order valence-electron chi connectivity index (χ4n) is 1.60. The quantitative estimate of drug-likeness (QED) is 0.902. The summed E-state index contributed by atoms with van der Waals surface area (Å²) >= 11 is 0. The third-order valence-electron chi connectivity index (χ3n) is 2.69. The van der Waals surface area contributed by atoms with Gasteiger partial charge in [-0.05, 0) is 24.6 Å². The molecule has 0 atom stereocenters. The van der Waals surface area contributed by atoms with Gasteiger partial charge in [-0.15, -0.1) is 0 Å². The van der Waals surface area contributed by atoms with E-state index in [2.05, 4.69) is 15.3 Å².